The van der Waals surface area contributed by atoms with E-state index in [1.165, 1.54) is 340 Å². The van der Waals surface area contributed by atoms with Gasteiger partial charge in [0.25, 0.3) is 0 Å². The zero-order valence-corrected chi connectivity index (χ0v) is 60.2. The quantitative estimate of drug-likeness (QED) is 0.0243. The Morgan fingerprint density at radius 3 is 0.920 bits per heavy atom. The van der Waals surface area contributed by atoms with E-state index < -0.39 is 20.0 Å². The van der Waals surface area contributed by atoms with E-state index in [4.69, 9.17) is 9.05 Å². The van der Waals surface area contributed by atoms with Crippen molar-refractivity contribution in [2.45, 2.75) is 418 Å². The number of amides is 1. The van der Waals surface area contributed by atoms with Gasteiger partial charge in [-0.3, -0.25) is 13.8 Å². The summed E-state index contributed by atoms with van der Waals surface area (Å²) in [6.45, 7) is 4.86. The lowest BCUT2D eigenvalue weighted by Crippen LogP contribution is -2.45. The zero-order chi connectivity index (χ0) is 63.4. The smallest absolute Gasteiger partial charge is 0.387 e. The highest BCUT2D eigenvalue weighted by Crippen LogP contribution is 2.43. The second kappa shape index (κ2) is 69.1. The molecule has 0 aromatic carbocycles. The molecule has 0 rings (SSSR count). The molecule has 0 aromatic heterocycles. The molecule has 3 unspecified atom stereocenters. The molecule has 3 atom stereocenters. The minimum Gasteiger partial charge on any atom is -0.387 e. The molecule has 0 saturated carbocycles. The number of phosphoric ester groups is 1. The first-order valence-corrected chi connectivity index (χ1v) is 40.4. The second-order valence-corrected chi connectivity index (χ2v) is 29.5. The maximum Gasteiger partial charge on any atom is 0.472 e. The summed E-state index contributed by atoms with van der Waals surface area (Å²) in [7, 11) is 1.57. The number of aliphatic hydroxyl groups is 1. The number of unbranched alkanes of at least 4 members (excludes halogenated alkanes) is 56. The number of nitrogens with one attached hydrogen (secondary N) is 1. The van der Waals surface area contributed by atoms with Crippen molar-refractivity contribution in [3.63, 3.8) is 0 Å². The molecule has 87 heavy (non-hydrogen) atoms. The van der Waals surface area contributed by atoms with E-state index in [0.29, 0.717) is 17.4 Å². The van der Waals surface area contributed by atoms with Crippen molar-refractivity contribution in [3.05, 3.63) is 36.5 Å². The van der Waals surface area contributed by atoms with E-state index in [0.717, 1.165) is 44.9 Å². The molecule has 3 N–H and O–H groups in total. The van der Waals surface area contributed by atoms with Gasteiger partial charge in [-0.15, -0.1) is 0 Å². The van der Waals surface area contributed by atoms with Gasteiger partial charge in [0.15, 0.2) is 0 Å². The number of aliphatic hydroxyl groups excluding tert-OH is 1. The minimum absolute atomic E-state index is 0.0555. The van der Waals surface area contributed by atoms with Crippen LogP contribution in [0.15, 0.2) is 36.5 Å². The van der Waals surface area contributed by atoms with Gasteiger partial charge in [0, 0.05) is 6.42 Å². The maximum absolute atomic E-state index is 13.1. The van der Waals surface area contributed by atoms with Gasteiger partial charge in [-0.25, -0.2) is 4.57 Å². The number of quaternary nitrogens is 1. The average Bonchev–Trinajstić information content (AvgIpc) is 3.70. The fourth-order valence-electron chi connectivity index (χ4n) is 12.1. The van der Waals surface area contributed by atoms with Crippen molar-refractivity contribution < 1.29 is 32.9 Å². The van der Waals surface area contributed by atoms with Gasteiger partial charge in [-0.2, -0.15) is 0 Å². The lowest BCUT2D eigenvalue weighted by Gasteiger charge is -2.25. The van der Waals surface area contributed by atoms with Gasteiger partial charge < -0.3 is 19.8 Å². The Bertz CT molecular complexity index is 1510. The Morgan fingerprint density at radius 1 is 0.379 bits per heavy atom. The third kappa shape index (κ3) is 72.0. The maximum atomic E-state index is 13.1. The molecule has 0 fully saturated rings. The highest BCUT2D eigenvalue weighted by atomic mass is 31.2. The van der Waals surface area contributed by atoms with Crippen LogP contribution >= 0.6 is 7.82 Å². The lowest BCUT2D eigenvalue weighted by atomic mass is 10.0. The third-order valence-corrected chi connectivity index (χ3v) is 19.1. The Balaban J connectivity index is 4.01. The summed E-state index contributed by atoms with van der Waals surface area (Å²) in [5.41, 5.74) is 0. The number of phosphoric acid groups is 1. The van der Waals surface area contributed by atoms with Crippen molar-refractivity contribution in [1.82, 2.24) is 5.32 Å². The van der Waals surface area contributed by atoms with Crippen LogP contribution in [0.2, 0.25) is 0 Å². The molecule has 0 aliphatic heterocycles. The van der Waals surface area contributed by atoms with Gasteiger partial charge >= 0.3 is 7.82 Å². The van der Waals surface area contributed by atoms with E-state index in [-0.39, 0.29) is 19.1 Å². The molecule has 0 bridgehead atoms. The zero-order valence-electron chi connectivity index (χ0n) is 59.3. The standard InChI is InChI=1S/C78H153N2O6P/c1-6-8-10-12-14-16-18-20-22-24-26-28-30-32-34-36-38-39-40-41-42-44-46-48-50-52-54-56-58-60-62-64-66-68-70-72-78(82)79-76(75-86-87(83,84)85-74-73-80(3,4)5)77(81)71-69-67-65-63-61-59-57-55-53-51-49-47-45-43-37-35-33-31-29-27-25-23-21-19-17-15-13-11-9-7-2/h53,55,61,63,69,71,76-77,81H,6-52,54,56-60,62,64-68,70,72-75H2,1-5H3,(H-,79,82,83,84)/p+1/b55-53+,63-61+,71-69+. The number of hydrogen-bond donors (Lipinski definition) is 3. The van der Waals surface area contributed by atoms with Crippen LogP contribution in [0.3, 0.4) is 0 Å². The fraction of sp³-hybridized carbons (Fsp3) is 0.910. The number of likely N-dealkylation sites (N-methyl/N-ethyl adjacent to an activating group) is 1. The van der Waals surface area contributed by atoms with Crippen molar-refractivity contribution >= 4 is 13.7 Å². The summed E-state index contributed by atoms with van der Waals surface area (Å²) < 4.78 is 23.8. The van der Waals surface area contributed by atoms with E-state index >= 15 is 0 Å². The summed E-state index contributed by atoms with van der Waals surface area (Å²) in [5, 5.41) is 14.0. The van der Waals surface area contributed by atoms with E-state index in [9.17, 15) is 19.4 Å². The highest BCUT2D eigenvalue weighted by molar-refractivity contribution is 7.47. The molecule has 9 heteroatoms. The van der Waals surface area contributed by atoms with E-state index in [1.807, 2.05) is 27.2 Å². The number of rotatable bonds is 73. The average molecular weight is 1250 g/mol. The Morgan fingerprint density at radius 2 is 0.632 bits per heavy atom. The largest absolute Gasteiger partial charge is 0.472 e. The summed E-state index contributed by atoms with van der Waals surface area (Å²) in [4.78, 5) is 23.5. The first-order valence-electron chi connectivity index (χ1n) is 38.9. The molecule has 0 aromatic rings. The SMILES string of the molecule is CCCCCCCCCCCCCCCCCCCCCC/C=C/CC/C=C/CC/C=C/C(O)C(COP(=O)(O)OCC[N+](C)(C)C)NC(=O)CCCCCCCCCCCCCCCCCCCCCCCCCCCCCCCCCCCCC. The van der Waals surface area contributed by atoms with E-state index in [1.54, 1.807) is 6.08 Å². The first kappa shape index (κ1) is 85.7. The Hall–Kier alpha value is -1.28. The van der Waals surface area contributed by atoms with Crippen LogP contribution in [0.1, 0.15) is 406 Å². The molecule has 0 heterocycles. The number of nitrogens with zero attached hydrogens (tertiary/aromatic N) is 1. The second-order valence-electron chi connectivity index (χ2n) is 28.1. The monoisotopic (exact) mass is 1250 g/mol. The molecule has 516 valence electrons. The number of carbonyl (C=O) groups excluding carboxylic acids is 1. The lowest BCUT2D eigenvalue weighted by molar-refractivity contribution is -0.870. The van der Waals surface area contributed by atoms with Crippen LogP contribution in [0.5, 0.6) is 0 Å². The predicted molar refractivity (Wildman–Crippen MR) is 383 cm³/mol. The summed E-state index contributed by atoms with van der Waals surface area (Å²) >= 11 is 0. The van der Waals surface area contributed by atoms with Crippen LogP contribution in [0.4, 0.5) is 0 Å². The van der Waals surface area contributed by atoms with E-state index in [2.05, 4.69) is 43.5 Å². The highest BCUT2D eigenvalue weighted by Gasteiger charge is 2.28. The molecule has 1 amide bonds. The molecule has 8 nitrogen and oxygen atoms in total. The molecule has 0 aliphatic rings. The van der Waals surface area contributed by atoms with Crippen molar-refractivity contribution in [3.8, 4) is 0 Å². The van der Waals surface area contributed by atoms with Gasteiger partial charge in [-0.1, -0.05) is 391 Å². The number of carbonyl (C=O) groups is 1. The van der Waals surface area contributed by atoms with Crippen molar-refractivity contribution in [1.29, 1.82) is 0 Å². The first-order chi connectivity index (χ1) is 42.5. The molecule has 0 saturated heterocycles. The Labute approximate surface area is 544 Å². The fourth-order valence-corrected chi connectivity index (χ4v) is 12.8. The summed E-state index contributed by atoms with van der Waals surface area (Å²) in [5.74, 6) is -0.182. The van der Waals surface area contributed by atoms with Crippen LogP contribution < -0.4 is 5.32 Å². The molecular weight excluding hydrogens is 1090 g/mol. The number of hydrogen-bond acceptors (Lipinski definition) is 5. The summed E-state index contributed by atoms with van der Waals surface area (Å²) in [6.07, 6.45) is 93.5. The van der Waals surface area contributed by atoms with Crippen LogP contribution in [0, 0.1) is 0 Å². The third-order valence-electron chi connectivity index (χ3n) is 18.1. The van der Waals surface area contributed by atoms with Crippen LogP contribution in [-0.2, 0) is 18.4 Å². The Kier molecular flexibility index (Phi) is 68.1. The topological polar surface area (TPSA) is 105 Å². The molecule has 0 radical (unpaired) electrons. The number of allylic oxidation sites excluding steroid dienone is 5. The van der Waals surface area contributed by atoms with Gasteiger partial charge in [-0.05, 0) is 44.9 Å². The van der Waals surface area contributed by atoms with Crippen LogP contribution in [0.25, 0.3) is 0 Å². The predicted octanol–water partition coefficient (Wildman–Crippen LogP) is 25.2. The summed E-state index contributed by atoms with van der Waals surface area (Å²) in [6, 6.07) is -0.870. The molecule has 0 spiro atoms. The van der Waals surface area contributed by atoms with Gasteiger partial charge in [0.2, 0.25) is 5.91 Å². The van der Waals surface area contributed by atoms with Crippen LogP contribution in [-0.4, -0.2) is 73.4 Å². The van der Waals surface area contributed by atoms with Gasteiger partial charge in [0.05, 0.1) is 39.9 Å². The molecular formula is C78H154N2O6P+. The molecule has 0 aliphatic carbocycles. The van der Waals surface area contributed by atoms with Crippen molar-refractivity contribution in [2.24, 2.45) is 0 Å². The van der Waals surface area contributed by atoms with Crippen molar-refractivity contribution in [2.75, 3.05) is 40.9 Å². The minimum atomic E-state index is -4.37. The van der Waals surface area contributed by atoms with Gasteiger partial charge in [0.1, 0.15) is 13.2 Å². The normalized spacial score (nSPS) is 13.7.